The number of hydrogen-bond donors (Lipinski definition) is 2. The van der Waals surface area contributed by atoms with Crippen molar-refractivity contribution in [3.05, 3.63) is 0 Å². The van der Waals surface area contributed by atoms with E-state index in [1.54, 1.807) is 0 Å². The van der Waals surface area contributed by atoms with Crippen molar-refractivity contribution in [1.82, 2.24) is 10.6 Å². The summed E-state index contributed by atoms with van der Waals surface area (Å²) in [7, 11) is 0. The van der Waals surface area contributed by atoms with Crippen molar-refractivity contribution in [1.29, 1.82) is 0 Å². The molecule has 3 nitrogen and oxygen atoms in total. The van der Waals surface area contributed by atoms with E-state index in [0.29, 0.717) is 5.92 Å². The van der Waals surface area contributed by atoms with Gasteiger partial charge in [0.1, 0.15) is 0 Å². The Hall–Kier alpha value is -0.570. The molecule has 0 radical (unpaired) electrons. The van der Waals surface area contributed by atoms with Gasteiger partial charge < -0.3 is 10.6 Å². The van der Waals surface area contributed by atoms with E-state index in [-0.39, 0.29) is 5.91 Å². The van der Waals surface area contributed by atoms with E-state index < -0.39 is 0 Å². The van der Waals surface area contributed by atoms with E-state index in [2.05, 4.69) is 10.6 Å². The molecule has 2 fully saturated rings. The minimum Gasteiger partial charge on any atom is -0.356 e. The summed E-state index contributed by atoms with van der Waals surface area (Å²) in [5, 5.41) is 6.48. The molecule has 0 bridgehead atoms. The van der Waals surface area contributed by atoms with Crippen molar-refractivity contribution in [3.8, 4) is 0 Å². The van der Waals surface area contributed by atoms with Gasteiger partial charge in [-0.1, -0.05) is 32.1 Å². The van der Waals surface area contributed by atoms with Crippen molar-refractivity contribution in [3.63, 3.8) is 0 Å². The van der Waals surface area contributed by atoms with Gasteiger partial charge in [0.15, 0.2) is 0 Å². The van der Waals surface area contributed by atoms with E-state index in [9.17, 15) is 4.79 Å². The van der Waals surface area contributed by atoms with E-state index in [1.807, 2.05) is 0 Å². The largest absolute Gasteiger partial charge is 0.356 e. The Morgan fingerprint density at radius 2 is 1.72 bits per heavy atom. The molecule has 1 heterocycles. The number of piperidine rings is 1. The molecule has 2 N–H and O–H groups in total. The molecule has 1 saturated heterocycles. The lowest BCUT2D eigenvalue weighted by atomic mass is 9.86. The van der Waals surface area contributed by atoms with Gasteiger partial charge in [-0.05, 0) is 44.2 Å². The van der Waals surface area contributed by atoms with Crippen LogP contribution in [0.15, 0.2) is 0 Å². The third kappa shape index (κ3) is 4.97. The molecule has 1 aliphatic heterocycles. The number of carbonyl (C=O) groups is 1. The summed E-state index contributed by atoms with van der Waals surface area (Å²) in [5.41, 5.74) is 0. The van der Waals surface area contributed by atoms with Crippen LogP contribution in [-0.2, 0) is 4.79 Å². The van der Waals surface area contributed by atoms with Crippen LogP contribution in [0.2, 0.25) is 0 Å². The first-order valence-corrected chi connectivity index (χ1v) is 7.82. The third-order valence-corrected chi connectivity index (χ3v) is 4.55. The first-order chi connectivity index (χ1) is 8.84. The van der Waals surface area contributed by atoms with Crippen molar-refractivity contribution in [2.75, 3.05) is 19.6 Å². The molecule has 2 rings (SSSR count). The molecule has 0 unspecified atom stereocenters. The summed E-state index contributed by atoms with van der Waals surface area (Å²) < 4.78 is 0. The van der Waals surface area contributed by atoms with Crippen molar-refractivity contribution < 1.29 is 4.79 Å². The Kier molecular flexibility index (Phi) is 5.98. The summed E-state index contributed by atoms with van der Waals surface area (Å²) in [6.07, 6.45) is 11.1. The van der Waals surface area contributed by atoms with Crippen LogP contribution in [0.4, 0.5) is 0 Å². The van der Waals surface area contributed by atoms with Crippen molar-refractivity contribution in [2.24, 2.45) is 11.8 Å². The van der Waals surface area contributed by atoms with Crippen LogP contribution in [0.3, 0.4) is 0 Å². The number of amides is 1. The smallest absolute Gasteiger partial charge is 0.220 e. The molecule has 1 aliphatic carbocycles. The Morgan fingerprint density at radius 3 is 2.44 bits per heavy atom. The first kappa shape index (κ1) is 13.9. The minimum absolute atomic E-state index is 0.277. The SMILES string of the molecule is O=C(CCC1CCCCC1)NCC1CCNCC1. The molecule has 0 aromatic rings. The second-order valence-corrected chi connectivity index (χ2v) is 6.04. The second kappa shape index (κ2) is 7.78. The van der Waals surface area contributed by atoms with Gasteiger partial charge in [0.05, 0.1) is 0 Å². The lowest BCUT2D eigenvalue weighted by Crippen LogP contribution is -2.36. The average Bonchev–Trinajstić information content (AvgIpc) is 2.45. The monoisotopic (exact) mass is 252 g/mol. The molecular formula is C15H28N2O. The fourth-order valence-electron chi connectivity index (χ4n) is 3.24. The first-order valence-electron chi connectivity index (χ1n) is 7.82. The van der Waals surface area contributed by atoms with Gasteiger partial charge in [0.25, 0.3) is 0 Å². The van der Waals surface area contributed by atoms with Gasteiger partial charge in [-0.3, -0.25) is 4.79 Å². The van der Waals surface area contributed by atoms with Crippen LogP contribution >= 0.6 is 0 Å². The molecule has 3 heteroatoms. The molecule has 0 atom stereocenters. The maximum atomic E-state index is 11.8. The van der Waals surface area contributed by atoms with Gasteiger partial charge in [-0.2, -0.15) is 0 Å². The van der Waals surface area contributed by atoms with Gasteiger partial charge in [-0.25, -0.2) is 0 Å². The highest BCUT2D eigenvalue weighted by atomic mass is 16.1. The Balaban J connectivity index is 1.54. The normalized spacial score (nSPS) is 22.9. The van der Waals surface area contributed by atoms with Crippen LogP contribution in [-0.4, -0.2) is 25.5 Å². The van der Waals surface area contributed by atoms with Gasteiger partial charge in [-0.15, -0.1) is 0 Å². The quantitative estimate of drug-likeness (QED) is 0.789. The van der Waals surface area contributed by atoms with Crippen molar-refractivity contribution >= 4 is 5.91 Å². The highest BCUT2D eigenvalue weighted by Gasteiger charge is 2.16. The minimum atomic E-state index is 0.277. The summed E-state index contributed by atoms with van der Waals surface area (Å²) in [6, 6.07) is 0. The Labute approximate surface area is 111 Å². The zero-order valence-corrected chi connectivity index (χ0v) is 11.5. The molecule has 1 saturated carbocycles. The highest BCUT2D eigenvalue weighted by molar-refractivity contribution is 5.75. The van der Waals surface area contributed by atoms with Crippen LogP contribution in [0.5, 0.6) is 0 Å². The maximum Gasteiger partial charge on any atom is 0.220 e. The predicted octanol–water partition coefficient (Wildman–Crippen LogP) is 2.46. The summed E-state index contributed by atoms with van der Waals surface area (Å²) in [5.74, 6) is 1.80. The molecule has 18 heavy (non-hydrogen) atoms. The molecule has 2 aliphatic rings. The van der Waals surface area contributed by atoms with E-state index in [0.717, 1.165) is 38.4 Å². The van der Waals surface area contributed by atoms with Gasteiger partial charge in [0.2, 0.25) is 5.91 Å². The number of carbonyl (C=O) groups excluding carboxylic acids is 1. The standard InChI is InChI=1S/C15H28N2O/c18-15(7-6-13-4-2-1-3-5-13)17-12-14-8-10-16-11-9-14/h13-14,16H,1-12H2,(H,17,18). The Bertz CT molecular complexity index is 219. The molecular weight excluding hydrogens is 224 g/mol. The van der Waals surface area contributed by atoms with Gasteiger partial charge in [0, 0.05) is 13.0 Å². The zero-order valence-electron chi connectivity index (χ0n) is 11.5. The number of hydrogen-bond acceptors (Lipinski definition) is 2. The van der Waals surface area contributed by atoms with Crippen LogP contribution < -0.4 is 10.6 Å². The lowest BCUT2D eigenvalue weighted by Gasteiger charge is -2.23. The third-order valence-electron chi connectivity index (χ3n) is 4.55. The van der Waals surface area contributed by atoms with Crippen LogP contribution in [0.1, 0.15) is 57.8 Å². The van der Waals surface area contributed by atoms with Crippen LogP contribution in [0, 0.1) is 11.8 Å². The van der Waals surface area contributed by atoms with E-state index in [1.165, 1.54) is 44.9 Å². The lowest BCUT2D eigenvalue weighted by molar-refractivity contribution is -0.121. The molecule has 0 spiro atoms. The summed E-state index contributed by atoms with van der Waals surface area (Å²) in [6.45, 7) is 3.12. The molecule has 1 amide bonds. The predicted molar refractivity (Wildman–Crippen MR) is 74.4 cm³/mol. The summed E-state index contributed by atoms with van der Waals surface area (Å²) >= 11 is 0. The van der Waals surface area contributed by atoms with Crippen LogP contribution in [0.25, 0.3) is 0 Å². The van der Waals surface area contributed by atoms with E-state index >= 15 is 0 Å². The maximum absolute atomic E-state index is 11.8. The van der Waals surface area contributed by atoms with Gasteiger partial charge >= 0.3 is 0 Å². The fourth-order valence-corrected chi connectivity index (χ4v) is 3.24. The topological polar surface area (TPSA) is 41.1 Å². The number of nitrogens with one attached hydrogen (secondary N) is 2. The Morgan fingerprint density at radius 1 is 1.00 bits per heavy atom. The number of rotatable bonds is 5. The average molecular weight is 252 g/mol. The molecule has 104 valence electrons. The van der Waals surface area contributed by atoms with Crippen molar-refractivity contribution in [2.45, 2.75) is 57.8 Å². The zero-order chi connectivity index (χ0) is 12.6. The fraction of sp³-hybridized carbons (Fsp3) is 0.933. The second-order valence-electron chi connectivity index (χ2n) is 6.04. The van der Waals surface area contributed by atoms with E-state index in [4.69, 9.17) is 0 Å². The summed E-state index contributed by atoms with van der Waals surface area (Å²) in [4.78, 5) is 11.8. The highest BCUT2D eigenvalue weighted by Crippen LogP contribution is 2.27. The molecule has 0 aromatic heterocycles. The molecule has 0 aromatic carbocycles.